The van der Waals surface area contributed by atoms with E-state index in [0.717, 1.165) is 31.5 Å². The van der Waals surface area contributed by atoms with Crippen LogP contribution in [0.5, 0.6) is 5.75 Å². The number of hydrogen-bond acceptors (Lipinski definition) is 3. The highest BCUT2D eigenvalue weighted by molar-refractivity contribution is 5.31. The first-order valence-corrected chi connectivity index (χ1v) is 5.96. The number of nitrogens with two attached hydrogens (primary N) is 1. The lowest BCUT2D eigenvalue weighted by Crippen LogP contribution is -2.20. The molecule has 17 heavy (non-hydrogen) atoms. The highest BCUT2D eigenvalue weighted by Gasteiger charge is 2.08. The van der Waals surface area contributed by atoms with E-state index in [1.54, 1.807) is 12.1 Å². The van der Waals surface area contributed by atoms with Crippen LogP contribution in [0.4, 0.5) is 4.39 Å². The maximum atomic E-state index is 13.2. The predicted octanol–water partition coefficient (Wildman–Crippen LogP) is 2.22. The van der Waals surface area contributed by atoms with E-state index in [9.17, 15) is 4.39 Å². The normalized spacial score (nSPS) is 12.5. The first-order valence-electron chi connectivity index (χ1n) is 5.96. The van der Waals surface area contributed by atoms with Gasteiger partial charge in [-0.05, 0) is 50.6 Å². The van der Waals surface area contributed by atoms with Gasteiger partial charge in [0.2, 0.25) is 0 Å². The van der Waals surface area contributed by atoms with E-state index < -0.39 is 0 Å². The molecule has 1 unspecified atom stereocenters. The van der Waals surface area contributed by atoms with Gasteiger partial charge in [-0.15, -0.1) is 0 Å². The number of unbranched alkanes of at least 4 members (excludes halogenated alkanes) is 1. The van der Waals surface area contributed by atoms with Gasteiger partial charge in [0, 0.05) is 6.04 Å². The molecule has 0 amide bonds. The molecule has 3 nitrogen and oxygen atoms in total. The van der Waals surface area contributed by atoms with Crippen molar-refractivity contribution in [2.45, 2.75) is 25.8 Å². The molecular formula is C13H21FN2O. The summed E-state index contributed by atoms with van der Waals surface area (Å²) in [6.45, 7) is 3.69. The van der Waals surface area contributed by atoms with E-state index in [1.165, 1.54) is 13.2 Å². The summed E-state index contributed by atoms with van der Waals surface area (Å²) < 4.78 is 18.2. The lowest BCUT2D eigenvalue weighted by atomic mass is 10.1. The summed E-state index contributed by atoms with van der Waals surface area (Å²) in [5, 5.41) is 3.37. The van der Waals surface area contributed by atoms with Crippen LogP contribution in [0.3, 0.4) is 0 Å². The SMILES string of the molecule is COc1cc(C(C)NCCCCN)ccc1F. The van der Waals surface area contributed by atoms with E-state index in [4.69, 9.17) is 10.5 Å². The van der Waals surface area contributed by atoms with E-state index in [1.807, 2.05) is 0 Å². The number of halogens is 1. The molecule has 0 spiro atoms. The second kappa shape index (κ2) is 7.25. The number of methoxy groups -OCH3 is 1. The first kappa shape index (κ1) is 13.9. The van der Waals surface area contributed by atoms with Crippen LogP contribution in [0, 0.1) is 5.82 Å². The maximum absolute atomic E-state index is 13.2. The van der Waals surface area contributed by atoms with Gasteiger partial charge in [0.25, 0.3) is 0 Å². The molecule has 3 N–H and O–H groups in total. The predicted molar refractivity (Wildman–Crippen MR) is 67.7 cm³/mol. The van der Waals surface area contributed by atoms with Crippen molar-refractivity contribution in [1.29, 1.82) is 0 Å². The Bertz CT molecular complexity index is 344. The average molecular weight is 240 g/mol. The van der Waals surface area contributed by atoms with Crippen LogP contribution in [0.25, 0.3) is 0 Å². The molecule has 4 heteroatoms. The third kappa shape index (κ3) is 4.32. The Kier molecular flexibility index (Phi) is 5.94. The van der Waals surface area contributed by atoms with Gasteiger partial charge in [0.1, 0.15) is 0 Å². The molecule has 1 rings (SSSR count). The Morgan fingerprint density at radius 1 is 1.41 bits per heavy atom. The molecule has 1 aromatic carbocycles. The standard InChI is InChI=1S/C13H21FN2O/c1-10(16-8-4-3-7-15)11-5-6-12(14)13(9-11)17-2/h5-6,9-10,16H,3-4,7-8,15H2,1-2H3. The lowest BCUT2D eigenvalue weighted by molar-refractivity contribution is 0.385. The van der Waals surface area contributed by atoms with Crippen LogP contribution in [-0.4, -0.2) is 20.2 Å². The van der Waals surface area contributed by atoms with Crippen LogP contribution in [0.1, 0.15) is 31.4 Å². The molecule has 0 saturated carbocycles. The second-order valence-corrected chi connectivity index (χ2v) is 4.07. The van der Waals surface area contributed by atoms with Crippen molar-refractivity contribution in [2.75, 3.05) is 20.2 Å². The zero-order valence-electron chi connectivity index (χ0n) is 10.5. The first-order chi connectivity index (χ1) is 8.19. The monoisotopic (exact) mass is 240 g/mol. The summed E-state index contributed by atoms with van der Waals surface area (Å²) >= 11 is 0. The fourth-order valence-corrected chi connectivity index (χ4v) is 1.65. The molecule has 0 radical (unpaired) electrons. The third-order valence-electron chi connectivity index (χ3n) is 2.76. The van der Waals surface area contributed by atoms with Crippen LogP contribution in [-0.2, 0) is 0 Å². The molecule has 0 aliphatic carbocycles. The van der Waals surface area contributed by atoms with Crippen LogP contribution >= 0.6 is 0 Å². The van der Waals surface area contributed by atoms with Gasteiger partial charge in [-0.1, -0.05) is 6.07 Å². The summed E-state index contributed by atoms with van der Waals surface area (Å²) in [5.41, 5.74) is 6.45. The number of benzene rings is 1. The average Bonchev–Trinajstić information content (AvgIpc) is 2.35. The van der Waals surface area contributed by atoms with Gasteiger partial charge in [-0.3, -0.25) is 0 Å². The van der Waals surface area contributed by atoms with E-state index in [0.29, 0.717) is 0 Å². The van der Waals surface area contributed by atoms with Crippen LogP contribution in [0.2, 0.25) is 0 Å². The van der Waals surface area contributed by atoms with Crippen molar-refractivity contribution in [2.24, 2.45) is 5.73 Å². The molecule has 96 valence electrons. The van der Waals surface area contributed by atoms with E-state index in [-0.39, 0.29) is 17.6 Å². The minimum atomic E-state index is -0.327. The zero-order chi connectivity index (χ0) is 12.7. The fraction of sp³-hybridized carbons (Fsp3) is 0.538. The van der Waals surface area contributed by atoms with Crippen molar-refractivity contribution in [1.82, 2.24) is 5.32 Å². The molecule has 1 atom stereocenters. The lowest BCUT2D eigenvalue weighted by Gasteiger charge is -2.15. The van der Waals surface area contributed by atoms with Gasteiger partial charge in [-0.25, -0.2) is 4.39 Å². The molecule has 0 fully saturated rings. The Morgan fingerprint density at radius 2 is 2.18 bits per heavy atom. The second-order valence-electron chi connectivity index (χ2n) is 4.07. The van der Waals surface area contributed by atoms with E-state index >= 15 is 0 Å². The van der Waals surface area contributed by atoms with Crippen molar-refractivity contribution in [3.8, 4) is 5.75 Å². The summed E-state index contributed by atoms with van der Waals surface area (Å²) in [6.07, 6.45) is 2.08. The minimum absolute atomic E-state index is 0.183. The number of rotatable bonds is 7. The highest BCUT2D eigenvalue weighted by Crippen LogP contribution is 2.22. The summed E-state index contributed by atoms with van der Waals surface area (Å²) in [5.74, 6) is -0.0373. The molecule has 0 aliphatic heterocycles. The fourth-order valence-electron chi connectivity index (χ4n) is 1.65. The van der Waals surface area contributed by atoms with Gasteiger partial charge in [0.05, 0.1) is 7.11 Å². The van der Waals surface area contributed by atoms with Crippen LogP contribution < -0.4 is 15.8 Å². The smallest absolute Gasteiger partial charge is 0.165 e. The van der Waals surface area contributed by atoms with Gasteiger partial charge < -0.3 is 15.8 Å². The van der Waals surface area contributed by atoms with Gasteiger partial charge >= 0.3 is 0 Å². The largest absolute Gasteiger partial charge is 0.494 e. The molecule has 0 aliphatic rings. The van der Waals surface area contributed by atoms with Crippen LogP contribution in [0.15, 0.2) is 18.2 Å². The number of nitrogens with one attached hydrogen (secondary N) is 1. The summed E-state index contributed by atoms with van der Waals surface area (Å²) in [6, 6.07) is 5.13. The highest BCUT2D eigenvalue weighted by atomic mass is 19.1. The van der Waals surface area contributed by atoms with Crippen molar-refractivity contribution < 1.29 is 9.13 Å². The number of hydrogen-bond donors (Lipinski definition) is 2. The molecule has 0 heterocycles. The Balaban J connectivity index is 2.53. The van der Waals surface area contributed by atoms with Gasteiger partial charge in [-0.2, -0.15) is 0 Å². The maximum Gasteiger partial charge on any atom is 0.165 e. The molecule has 0 aromatic heterocycles. The molecule has 0 bridgehead atoms. The topological polar surface area (TPSA) is 47.3 Å². The molecule has 1 aromatic rings. The quantitative estimate of drug-likeness (QED) is 0.718. The third-order valence-corrected chi connectivity index (χ3v) is 2.76. The summed E-state index contributed by atoms with van der Waals surface area (Å²) in [7, 11) is 1.47. The van der Waals surface area contributed by atoms with Crippen molar-refractivity contribution in [3.63, 3.8) is 0 Å². The summed E-state index contributed by atoms with van der Waals surface area (Å²) in [4.78, 5) is 0. The van der Waals surface area contributed by atoms with Gasteiger partial charge in [0.15, 0.2) is 11.6 Å². The van der Waals surface area contributed by atoms with Crippen molar-refractivity contribution >= 4 is 0 Å². The Morgan fingerprint density at radius 3 is 2.82 bits per heavy atom. The van der Waals surface area contributed by atoms with E-state index in [2.05, 4.69) is 12.2 Å². The number of ether oxygens (including phenoxy) is 1. The zero-order valence-corrected chi connectivity index (χ0v) is 10.5. The Hall–Kier alpha value is -1.13. The molecular weight excluding hydrogens is 219 g/mol. The molecule has 0 saturated heterocycles. The van der Waals surface area contributed by atoms with Crippen molar-refractivity contribution in [3.05, 3.63) is 29.6 Å². The minimum Gasteiger partial charge on any atom is -0.494 e. The Labute approximate surface area is 102 Å².